The molecule has 1 fully saturated rings. The van der Waals surface area contributed by atoms with Gasteiger partial charge in [-0.1, -0.05) is 13.3 Å². The zero-order valence-corrected chi connectivity index (χ0v) is 10.1. The zero-order valence-electron chi connectivity index (χ0n) is 10.1. The van der Waals surface area contributed by atoms with Gasteiger partial charge in [-0.05, 0) is 39.3 Å². The number of nitrogens with zero attached hydrogens (tertiary/aromatic N) is 1. The maximum atomic E-state index is 11.9. The second-order valence-corrected chi connectivity index (χ2v) is 4.26. The molecule has 0 aliphatic carbocycles. The van der Waals surface area contributed by atoms with Gasteiger partial charge in [0.2, 0.25) is 5.91 Å². The molecule has 3 nitrogen and oxygen atoms in total. The van der Waals surface area contributed by atoms with Gasteiger partial charge in [0.15, 0.2) is 0 Å². The standard InChI is InChI=1S/C12H24N2O/c1-3-5-6-12(15)14(4-2)11-7-9-13-10-8-11/h11,13H,3-10H2,1-2H3. The lowest BCUT2D eigenvalue weighted by atomic mass is 10.0. The molecule has 88 valence electrons. The maximum absolute atomic E-state index is 11.9. The molecule has 1 aliphatic rings. The first kappa shape index (κ1) is 12.5. The number of carbonyl (C=O) groups is 1. The molecule has 1 aliphatic heterocycles. The number of unbranched alkanes of at least 4 members (excludes halogenated alkanes) is 1. The van der Waals surface area contributed by atoms with E-state index < -0.39 is 0 Å². The van der Waals surface area contributed by atoms with Gasteiger partial charge in [0.05, 0.1) is 0 Å². The minimum absolute atomic E-state index is 0.353. The minimum Gasteiger partial charge on any atom is -0.340 e. The van der Waals surface area contributed by atoms with E-state index in [0.717, 1.165) is 51.7 Å². The lowest BCUT2D eigenvalue weighted by Crippen LogP contribution is -2.45. The Balaban J connectivity index is 2.41. The number of piperidine rings is 1. The third-order valence-corrected chi connectivity index (χ3v) is 3.15. The number of carbonyl (C=O) groups excluding carboxylic acids is 1. The number of amides is 1. The molecular formula is C12H24N2O. The normalized spacial score (nSPS) is 17.7. The first-order valence-corrected chi connectivity index (χ1v) is 6.29. The van der Waals surface area contributed by atoms with Crippen molar-refractivity contribution in [3.8, 4) is 0 Å². The molecule has 1 rings (SSSR count). The molecule has 0 unspecified atom stereocenters. The van der Waals surface area contributed by atoms with E-state index in [1.807, 2.05) is 0 Å². The highest BCUT2D eigenvalue weighted by Gasteiger charge is 2.22. The van der Waals surface area contributed by atoms with Crippen LogP contribution in [0.15, 0.2) is 0 Å². The van der Waals surface area contributed by atoms with Crippen LogP contribution in [-0.4, -0.2) is 36.5 Å². The Bertz CT molecular complexity index is 188. The maximum Gasteiger partial charge on any atom is 0.222 e. The lowest BCUT2D eigenvalue weighted by molar-refractivity contribution is -0.133. The van der Waals surface area contributed by atoms with Gasteiger partial charge in [0.1, 0.15) is 0 Å². The molecule has 0 aromatic rings. The average Bonchev–Trinajstić information content (AvgIpc) is 2.29. The van der Waals surface area contributed by atoms with Crippen molar-refractivity contribution in [1.82, 2.24) is 10.2 Å². The van der Waals surface area contributed by atoms with E-state index in [-0.39, 0.29) is 0 Å². The van der Waals surface area contributed by atoms with E-state index in [0.29, 0.717) is 11.9 Å². The van der Waals surface area contributed by atoms with E-state index in [1.165, 1.54) is 0 Å². The molecule has 1 heterocycles. The van der Waals surface area contributed by atoms with E-state index >= 15 is 0 Å². The molecule has 1 saturated heterocycles. The Labute approximate surface area is 93.2 Å². The summed E-state index contributed by atoms with van der Waals surface area (Å²) in [5, 5.41) is 3.34. The van der Waals surface area contributed by atoms with Crippen LogP contribution in [0, 0.1) is 0 Å². The lowest BCUT2D eigenvalue weighted by Gasteiger charge is -2.34. The molecule has 0 atom stereocenters. The van der Waals surface area contributed by atoms with Crippen molar-refractivity contribution in [2.45, 2.75) is 52.0 Å². The molecule has 0 radical (unpaired) electrons. The van der Waals surface area contributed by atoms with E-state index in [4.69, 9.17) is 0 Å². The van der Waals surface area contributed by atoms with Gasteiger partial charge in [-0.3, -0.25) is 4.79 Å². The van der Waals surface area contributed by atoms with Gasteiger partial charge in [-0.2, -0.15) is 0 Å². The number of nitrogens with one attached hydrogen (secondary N) is 1. The summed E-state index contributed by atoms with van der Waals surface area (Å²) in [4.78, 5) is 14.0. The van der Waals surface area contributed by atoms with Gasteiger partial charge in [0.25, 0.3) is 0 Å². The van der Waals surface area contributed by atoms with Crippen LogP contribution in [-0.2, 0) is 4.79 Å². The molecule has 0 bridgehead atoms. The highest BCUT2D eigenvalue weighted by molar-refractivity contribution is 5.76. The van der Waals surface area contributed by atoms with Crippen LogP contribution in [0.1, 0.15) is 46.0 Å². The molecule has 0 aromatic heterocycles. The van der Waals surface area contributed by atoms with Crippen molar-refractivity contribution in [2.24, 2.45) is 0 Å². The van der Waals surface area contributed by atoms with Crippen molar-refractivity contribution in [2.75, 3.05) is 19.6 Å². The number of hydrogen-bond donors (Lipinski definition) is 1. The zero-order chi connectivity index (χ0) is 11.1. The van der Waals surface area contributed by atoms with Gasteiger partial charge >= 0.3 is 0 Å². The fourth-order valence-corrected chi connectivity index (χ4v) is 2.23. The summed E-state index contributed by atoms with van der Waals surface area (Å²) in [5.41, 5.74) is 0. The highest BCUT2D eigenvalue weighted by atomic mass is 16.2. The summed E-state index contributed by atoms with van der Waals surface area (Å²) in [6, 6.07) is 0.487. The third-order valence-electron chi connectivity index (χ3n) is 3.15. The summed E-state index contributed by atoms with van der Waals surface area (Å²) in [7, 11) is 0. The van der Waals surface area contributed by atoms with Gasteiger partial charge < -0.3 is 10.2 Å². The van der Waals surface area contributed by atoms with E-state index in [1.54, 1.807) is 0 Å². The molecule has 0 saturated carbocycles. The Morgan fingerprint density at radius 3 is 2.53 bits per heavy atom. The van der Waals surface area contributed by atoms with Crippen molar-refractivity contribution in [1.29, 1.82) is 0 Å². The van der Waals surface area contributed by atoms with Crippen LogP contribution in [0.4, 0.5) is 0 Å². The number of hydrogen-bond acceptors (Lipinski definition) is 2. The van der Waals surface area contributed by atoms with Crippen LogP contribution < -0.4 is 5.32 Å². The Morgan fingerprint density at radius 1 is 1.33 bits per heavy atom. The first-order chi connectivity index (χ1) is 7.29. The molecule has 1 amide bonds. The van der Waals surface area contributed by atoms with Gasteiger partial charge in [0, 0.05) is 19.0 Å². The average molecular weight is 212 g/mol. The van der Waals surface area contributed by atoms with Crippen LogP contribution >= 0.6 is 0 Å². The van der Waals surface area contributed by atoms with Crippen LogP contribution in [0.25, 0.3) is 0 Å². The highest BCUT2D eigenvalue weighted by Crippen LogP contribution is 2.13. The van der Waals surface area contributed by atoms with Crippen LogP contribution in [0.2, 0.25) is 0 Å². The van der Waals surface area contributed by atoms with Gasteiger partial charge in [-0.15, -0.1) is 0 Å². The smallest absolute Gasteiger partial charge is 0.222 e. The van der Waals surface area contributed by atoms with E-state index in [9.17, 15) is 4.79 Å². The Hall–Kier alpha value is -0.570. The second-order valence-electron chi connectivity index (χ2n) is 4.26. The Morgan fingerprint density at radius 2 is 2.00 bits per heavy atom. The fraction of sp³-hybridized carbons (Fsp3) is 0.917. The monoisotopic (exact) mass is 212 g/mol. The van der Waals surface area contributed by atoms with E-state index in [2.05, 4.69) is 24.1 Å². The predicted molar refractivity (Wildman–Crippen MR) is 62.8 cm³/mol. The fourth-order valence-electron chi connectivity index (χ4n) is 2.23. The molecule has 0 spiro atoms. The molecule has 15 heavy (non-hydrogen) atoms. The van der Waals surface area contributed by atoms with Crippen LogP contribution in [0.3, 0.4) is 0 Å². The van der Waals surface area contributed by atoms with Crippen molar-refractivity contribution < 1.29 is 4.79 Å². The topological polar surface area (TPSA) is 32.3 Å². The van der Waals surface area contributed by atoms with Crippen LogP contribution in [0.5, 0.6) is 0 Å². The summed E-state index contributed by atoms with van der Waals surface area (Å²) in [6.45, 7) is 7.21. The summed E-state index contributed by atoms with van der Waals surface area (Å²) in [6.07, 6.45) is 5.10. The van der Waals surface area contributed by atoms with Crippen molar-refractivity contribution in [3.63, 3.8) is 0 Å². The minimum atomic E-state index is 0.353. The second kappa shape index (κ2) is 6.83. The molecule has 0 aromatic carbocycles. The SMILES string of the molecule is CCCCC(=O)N(CC)C1CCNCC1. The molecule has 1 N–H and O–H groups in total. The largest absolute Gasteiger partial charge is 0.340 e. The summed E-state index contributed by atoms with van der Waals surface area (Å²) in [5.74, 6) is 0.353. The summed E-state index contributed by atoms with van der Waals surface area (Å²) >= 11 is 0. The van der Waals surface area contributed by atoms with Crippen molar-refractivity contribution >= 4 is 5.91 Å². The number of rotatable bonds is 5. The quantitative estimate of drug-likeness (QED) is 0.753. The summed E-state index contributed by atoms with van der Waals surface area (Å²) < 4.78 is 0. The predicted octanol–water partition coefficient (Wildman–Crippen LogP) is 1.78. The third kappa shape index (κ3) is 3.82. The molecule has 3 heteroatoms. The Kier molecular flexibility index (Phi) is 5.69. The van der Waals surface area contributed by atoms with Gasteiger partial charge in [-0.25, -0.2) is 0 Å². The first-order valence-electron chi connectivity index (χ1n) is 6.29. The molecular weight excluding hydrogens is 188 g/mol. The van der Waals surface area contributed by atoms with Crippen molar-refractivity contribution in [3.05, 3.63) is 0 Å².